The minimum absolute atomic E-state index is 0.0285. The Hall–Kier alpha value is -1.88. The van der Waals surface area contributed by atoms with Crippen molar-refractivity contribution in [2.75, 3.05) is 45.7 Å². The molecule has 2 amide bonds. The maximum atomic E-state index is 12.8. The topological polar surface area (TPSA) is 43.9 Å². The Labute approximate surface area is 126 Å². The quantitative estimate of drug-likeness (QED) is 0.825. The van der Waals surface area contributed by atoms with Crippen LogP contribution in [-0.2, 0) is 9.59 Å². The molecule has 113 valence electrons. The number of likely N-dealkylation sites (N-methyl/N-ethyl adjacent to an activating group) is 1. The second-order valence-electron chi connectivity index (χ2n) is 5.72. The number of carbonyl (C=O) groups excluding carboxylic acids is 2. The summed E-state index contributed by atoms with van der Waals surface area (Å²) in [6.45, 7) is 1.76. The van der Waals surface area contributed by atoms with Crippen LogP contribution in [0.1, 0.15) is 6.42 Å². The third-order valence-corrected chi connectivity index (χ3v) is 3.81. The number of carbonyl (C=O) groups is 2. The van der Waals surface area contributed by atoms with Crippen molar-refractivity contribution < 1.29 is 9.59 Å². The van der Waals surface area contributed by atoms with Crippen LogP contribution in [0, 0.1) is 12.0 Å². The average molecular weight is 288 g/mol. The number of likely N-dealkylation sites (tertiary alicyclic amines) is 1. The number of hydrogen-bond acceptors (Lipinski definition) is 3. The molecule has 1 aliphatic rings. The largest absolute Gasteiger partial charge is 0.347 e. The van der Waals surface area contributed by atoms with Gasteiger partial charge in [0, 0.05) is 26.3 Å². The van der Waals surface area contributed by atoms with Gasteiger partial charge in [-0.1, -0.05) is 12.1 Å². The van der Waals surface area contributed by atoms with Gasteiger partial charge in [0.05, 0.1) is 5.92 Å². The van der Waals surface area contributed by atoms with Gasteiger partial charge < -0.3 is 14.7 Å². The molecule has 0 bridgehead atoms. The first-order valence-corrected chi connectivity index (χ1v) is 7.15. The molecule has 1 radical (unpaired) electrons. The van der Waals surface area contributed by atoms with E-state index in [0.717, 1.165) is 25.2 Å². The molecule has 0 unspecified atom stereocenters. The van der Waals surface area contributed by atoms with E-state index in [1.807, 2.05) is 19.2 Å². The Kier molecular flexibility index (Phi) is 4.96. The predicted molar refractivity (Wildman–Crippen MR) is 81.9 cm³/mol. The Morgan fingerprint density at radius 2 is 2.00 bits per heavy atom. The van der Waals surface area contributed by atoms with Crippen molar-refractivity contribution in [1.29, 1.82) is 0 Å². The fourth-order valence-electron chi connectivity index (χ4n) is 2.49. The first-order valence-electron chi connectivity index (χ1n) is 7.15. The van der Waals surface area contributed by atoms with Crippen molar-refractivity contribution in [3.63, 3.8) is 0 Å². The number of rotatable bonds is 4. The van der Waals surface area contributed by atoms with Crippen LogP contribution < -0.4 is 4.90 Å². The summed E-state index contributed by atoms with van der Waals surface area (Å²) in [4.78, 5) is 30.0. The molecule has 0 saturated carbocycles. The maximum absolute atomic E-state index is 12.8. The van der Waals surface area contributed by atoms with Crippen molar-refractivity contribution in [1.82, 2.24) is 9.80 Å². The van der Waals surface area contributed by atoms with Gasteiger partial charge in [0.2, 0.25) is 11.8 Å². The predicted octanol–water partition coefficient (Wildman–Crippen LogP) is 0.860. The van der Waals surface area contributed by atoms with Crippen LogP contribution in [0.2, 0.25) is 0 Å². The van der Waals surface area contributed by atoms with E-state index in [0.29, 0.717) is 0 Å². The number of hydrogen-bond donors (Lipinski definition) is 0. The lowest BCUT2D eigenvalue weighted by molar-refractivity contribution is -0.130. The molecule has 1 saturated heterocycles. The van der Waals surface area contributed by atoms with Crippen molar-refractivity contribution >= 4 is 17.5 Å². The smallest absolute Gasteiger partial charge is 0.242 e. The highest BCUT2D eigenvalue weighted by Gasteiger charge is 2.31. The molecular weight excluding hydrogens is 266 g/mol. The molecule has 1 aromatic rings. The van der Waals surface area contributed by atoms with E-state index in [-0.39, 0.29) is 24.3 Å². The molecule has 0 spiro atoms. The molecule has 1 heterocycles. The van der Waals surface area contributed by atoms with Gasteiger partial charge in [-0.05, 0) is 38.2 Å². The second kappa shape index (κ2) is 6.72. The molecule has 1 fully saturated rings. The average Bonchev–Trinajstić information content (AvgIpc) is 2.91. The highest BCUT2D eigenvalue weighted by molar-refractivity contribution is 6.00. The van der Waals surface area contributed by atoms with Crippen LogP contribution in [0.4, 0.5) is 5.69 Å². The standard InChI is InChI=1S/C16H22N3O2/c1-17(2)15(20)12-19(14-7-5-4-6-8-14)16(21)13-9-10-18(3)11-13/h5-8,13H,9-12H2,1-3H3/t13-/m1/s1. The van der Waals surface area contributed by atoms with Crippen molar-refractivity contribution in [3.05, 3.63) is 30.3 Å². The molecule has 0 aliphatic carbocycles. The summed E-state index contributed by atoms with van der Waals surface area (Å²) in [5.74, 6) is -0.0857. The number of anilines is 1. The first-order chi connectivity index (χ1) is 9.99. The van der Waals surface area contributed by atoms with Crippen LogP contribution >= 0.6 is 0 Å². The van der Waals surface area contributed by atoms with E-state index < -0.39 is 0 Å². The number of benzene rings is 1. The van der Waals surface area contributed by atoms with E-state index >= 15 is 0 Å². The Bertz CT molecular complexity index is 502. The third-order valence-electron chi connectivity index (χ3n) is 3.81. The van der Waals surface area contributed by atoms with Crippen LogP contribution in [0.15, 0.2) is 24.3 Å². The van der Waals surface area contributed by atoms with Gasteiger partial charge in [-0.15, -0.1) is 0 Å². The second-order valence-corrected chi connectivity index (χ2v) is 5.72. The van der Waals surface area contributed by atoms with Gasteiger partial charge in [-0.2, -0.15) is 0 Å². The van der Waals surface area contributed by atoms with Gasteiger partial charge in [0.15, 0.2) is 0 Å². The molecule has 2 rings (SSSR count). The third kappa shape index (κ3) is 3.82. The molecule has 1 aromatic carbocycles. The molecule has 1 aliphatic heterocycles. The highest BCUT2D eigenvalue weighted by Crippen LogP contribution is 2.22. The zero-order valence-corrected chi connectivity index (χ0v) is 12.9. The molecular formula is C16H22N3O2. The summed E-state index contributed by atoms with van der Waals surface area (Å²) in [6, 6.07) is 10.1. The summed E-state index contributed by atoms with van der Waals surface area (Å²) in [5.41, 5.74) is 0.753. The van der Waals surface area contributed by atoms with E-state index in [2.05, 4.69) is 11.0 Å². The van der Waals surface area contributed by atoms with Gasteiger partial charge in [0.25, 0.3) is 0 Å². The first kappa shape index (κ1) is 15.5. The minimum atomic E-state index is -0.0810. The van der Waals surface area contributed by atoms with Crippen LogP contribution in [-0.4, -0.2) is 62.4 Å². The molecule has 5 heteroatoms. The summed E-state index contributed by atoms with van der Waals surface area (Å²) in [6.07, 6.45) is 0.848. The zero-order valence-electron chi connectivity index (χ0n) is 12.9. The van der Waals surface area contributed by atoms with Crippen molar-refractivity contribution in [3.8, 4) is 0 Å². The van der Waals surface area contributed by atoms with Gasteiger partial charge >= 0.3 is 0 Å². The Morgan fingerprint density at radius 1 is 1.33 bits per heavy atom. The highest BCUT2D eigenvalue weighted by atomic mass is 16.2. The summed E-state index contributed by atoms with van der Waals surface area (Å²) >= 11 is 0. The molecule has 1 atom stereocenters. The fraction of sp³-hybridized carbons (Fsp3) is 0.500. The van der Waals surface area contributed by atoms with Crippen molar-refractivity contribution in [2.24, 2.45) is 5.92 Å². The van der Waals surface area contributed by atoms with Crippen LogP contribution in [0.3, 0.4) is 0 Å². The lowest BCUT2D eigenvalue weighted by Gasteiger charge is -2.26. The molecule has 5 nitrogen and oxygen atoms in total. The summed E-state index contributed by atoms with van der Waals surface area (Å²) in [7, 11) is 5.42. The Balaban J connectivity index is 2.19. The van der Waals surface area contributed by atoms with Crippen LogP contribution in [0.25, 0.3) is 0 Å². The SMILES string of the molecule is CN1CC[C@@H](C(=O)N(CC(=O)N(C)C)c2cc[c]cc2)C1. The van der Waals surface area contributed by atoms with Gasteiger partial charge in [-0.25, -0.2) is 0 Å². The van der Waals surface area contributed by atoms with Crippen LogP contribution in [0.5, 0.6) is 0 Å². The lowest BCUT2D eigenvalue weighted by Crippen LogP contribution is -2.43. The van der Waals surface area contributed by atoms with Gasteiger partial charge in [-0.3, -0.25) is 9.59 Å². The van der Waals surface area contributed by atoms with E-state index in [9.17, 15) is 9.59 Å². The lowest BCUT2D eigenvalue weighted by atomic mass is 10.1. The summed E-state index contributed by atoms with van der Waals surface area (Å²) < 4.78 is 0. The van der Waals surface area contributed by atoms with E-state index in [1.54, 1.807) is 31.1 Å². The maximum Gasteiger partial charge on any atom is 0.242 e. The van der Waals surface area contributed by atoms with Gasteiger partial charge in [0.1, 0.15) is 6.54 Å². The zero-order chi connectivity index (χ0) is 15.4. The molecule has 0 aromatic heterocycles. The molecule has 0 N–H and O–H groups in total. The van der Waals surface area contributed by atoms with E-state index in [4.69, 9.17) is 0 Å². The normalized spacial score (nSPS) is 18.5. The minimum Gasteiger partial charge on any atom is -0.347 e. The number of amides is 2. The van der Waals surface area contributed by atoms with E-state index in [1.165, 1.54) is 4.90 Å². The molecule has 21 heavy (non-hydrogen) atoms. The Morgan fingerprint density at radius 3 is 2.52 bits per heavy atom. The van der Waals surface area contributed by atoms with Crippen molar-refractivity contribution in [2.45, 2.75) is 6.42 Å². The number of nitrogens with zero attached hydrogens (tertiary/aromatic N) is 3. The summed E-state index contributed by atoms with van der Waals surface area (Å²) in [5, 5.41) is 0. The monoisotopic (exact) mass is 288 g/mol. The fourth-order valence-corrected chi connectivity index (χ4v) is 2.49.